The van der Waals surface area contributed by atoms with Crippen LogP contribution in [0.4, 0.5) is 0 Å². The lowest BCUT2D eigenvalue weighted by Crippen LogP contribution is -2.58. The van der Waals surface area contributed by atoms with Crippen LogP contribution in [0.25, 0.3) is 0 Å². The minimum atomic E-state index is 0.247. The van der Waals surface area contributed by atoms with Crippen molar-refractivity contribution in [1.82, 2.24) is 14.7 Å². The first-order chi connectivity index (χ1) is 7.68. The van der Waals surface area contributed by atoms with Gasteiger partial charge in [0.05, 0.1) is 19.3 Å². The lowest BCUT2D eigenvalue weighted by Gasteiger charge is -2.41. The van der Waals surface area contributed by atoms with Crippen molar-refractivity contribution in [1.29, 1.82) is 5.41 Å². The first-order valence-electron chi connectivity index (χ1n) is 5.98. The summed E-state index contributed by atoms with van der Waals surface area (Å²) in [7, 11) is 4.25. The Bertz CT molecular complexity index is 252. The molecule has 92 valence electrons. The zero-order valence-electron chi connectivity index (χ0n) is 10.3. The molecule has 0 aromatic heterocycles. The Balaban J connectivity index is 1.96. The van der Waals surface area contributed by atoms with Gasteiger partial charge in [-0.05, 0) is 14.1 Å². The van der Waals surface area contributed by atoms with Crippen molar-refractivity contribution in [2.75, 3.05) is 60.0 Å². The molecule has 2 saturated heterocycles. The number of rotatable bonds is 1. The fourth-order valence-corrected chi connectivity index (χ4v) is 2.32. The number of amidine groups is 1. The molecule has 2 fully saturated rings. The Hall–Kier alpha value is -0.650. The predicted molar refractivity (Wildman–Crippen MR) is 64.0 cm³/mol. The monoisotopic (exact) mass is 226 g/mol. The number of morpholine rings is 1. The highest BCUT2D eigenvalue weighted by Crippen LogP contribution is 2.10. The van der Waals surface area contributed by atoms with Crippen LogP contribution in [0, 0.1) is 5.41 Å². The number of hydrogen-bond acceptors (Lipinski definition) is 4. The fraction of sp³-hybridized carbons (Fsp3) is 0.909. The summed E-state index contributed by atoms with van der Waals surface area (Å²) in [4.78, 5) is 6.75. The molecule has 0 aromatic rings. The van der Waals surface area contributed by atoms with Crippen molar-refractivity contribution in [3.8, 4) is 0 Å². The molecule has 0 aromatic carbocycles. The highest BCUT2D eigenvalue weighted by molar-refractivity contribution is 5.85. The molecule has 0 amide bonds. The van der Waals surface area contributed by atoms with Crippen molar-refractivity contribution >= 4 is 5.84 Å². The maximum Gasteiger partial charge on any atom is 0.115 e. The van der Waals surface area contributed by atoms with Crippen LogP contribution in [-0.4, -0.2) is 86.6 Å². The quantitative estimate of drug-likeness (QED) is 0.485. The second-order valence-electron chi connectivity index (χ2n) is 4.74. The molecule has 1 unspecified atom stereocenters. The summed E-state index contributed by atoms with van der Waals surface area (Å²) in [5, 5.41) is 8.30. The van der Waals surface area contributed by atoms with Crippen LogP contribution in [0.2, 0.25) is 0 Å². The summed E-state index contributed by atoms with van der Waals surface area (Å²) in [5.41, 5.74) is 0. The summed E-state index contributed by atoms with van der Waals surface area (Å²) in [6, 6.07) is 0.247. The van der Waals surface area contributed by atoms with Gasteiger partial charge in [-0.3, -0.25) is 10.3 Å². The van der Waals surface area contributed by atoms with Gasteiger partial charge >= 0.3 is 0 Å². The second-order valence-corrected chi connectivity index (χ2v) is 4.74. The van der Waals surface area contributed by atoms with E-state index in [0.29, 0.717) is 0 Å². The van der Waals surface area contributed by atoms with Crippen LogP contribution in [0.15, 0.2) is 0 Å². The normalized spacial score (nSPS) is 29.4. The molecule has 1 N–H and O–H groups in total. The molecule has 0 spiro atoms. The van der Waals surface area contributed by atoms with Crippen LogP contribution >= 0.6 is 0 Å². The van der Waals surface area contributed by atoms with Gasteiger partial charge in [0.25, 0.3) is 0 Å². The lowest BCUT2D eigenvalue weighted by atomic mass is 10.1. The highest BCUT2D eigenvalue weighted by Gasteiger charge is 2.29. The van der Waals surface area contributed by atoms with Gasteiger partial charge in [0.15, 0.2) is 0 Å². The van der Waals surface area contributed by atoms with Gasteiger partial charge in [0.2, 0.25) is 0 Å². The molecule has 16 heavy (non-hydrogen) atoms. The lowest BCUT2D eigenvalue weighted by molar-refractivity contribution is 0.0604. The standard InChI is InChI=1S/C11H22N4O/c1-13-3-4-14(2)10(9-13)11(12)15-5-7-16-8-6-15/h10,12H,3-9H2,1-2H3. The molecule has 2 rings (SSSR count). The van der Waals surface area contributed by atoms with Crippen molar-refractivity contribution in [2.45, 2.75) is 6.04 Å². The van der Waals surface area contributed by atoms with Gasteiger partial charge in [-0.1, -0.05) is 0 Å². The zero-order valence-corrected chi connectivity index (χ0v) is 10.3. The Morgan fingerprint density at radius 1 is 1.12 bits per heavy atom. The zero-order chi connectivity index (χ0) is 11.5. The van der Waals surface area contributed by atoms with Crippen LogP contribution in [0.1, 0.15) is 0 Å². The van der Waals surface area contributed by atoms with Gasteiger partial charge in [-0.25, -0.2) is 0 Å². The maximum atomic E-state index is 8.30. The minimum Gasteiger partial charge on any atom is -0.378 e. The van der Waals surface area contributed by atoms with E-state index in [-0.39, 0.29) is 6.04 Å². The summed E-state index contributed by atoms with van der Waals surface area (Å²) in [5.74, 6) is 0.761. The number of ether oxygens (including phenoxy) is 1. The molecular formula is C11H22N4O. The summed E-state index contributed by atoms with van der Waals surface area (Å²) in [6.45, 7) is 6.37. The highest BCUT2D eigenvalue weighted by atomic mass is 16.5. The Morgan fingerprint density at radius 2 is 1.81 bits per heavy atom. The van der Waals surface area contributed by atoms with E-state index in [9.17, 15) is 0 Å². The predicted octanol–water partition coefficient (Wildman–Crippen LogP) is -0.458. The van der Waals surface area contributed by atoms with E-state index in [1.807, 2.05) is 0 Å². The van der Waals surface area contributed by atoms with Crippen LogP contribution < -0.4 is 0 Å². The van der Waals surface area contributed by atoms with Gasteiger partial charge in [-0.15, -0.1) is 0 Å². The van der Waals surface area contributed by atoms with Gasteiger partial charge in [0, 0.05) is 32.7 Å². The van der Waals surface area contributed by atoms with E-state index in [1.54, 1.807) is 0 Å². The molecule has 0 bridgehead atoms. The number of piperazine rings is 1. The molecular weight excluding hydrogens is 204 g/mol. The average molecular weight is 226 g/mol. The topological polar surface area (TPSA) is 42.8 Å². The molecule has 0 radical (unpaired) electrons. The van der Waals surface area contributed by atoms with Crippen molar-refractivity contribution in [2.24, 2.45) is 0 Å². The summed E-state index contributed by atoms with van der Waals surface area (Å²) < 4.78 is 5.32. The molecule has 1 atom stereocenters. The number of nitrogens with zero attached hydrogens (tertiary/aromatic N) is 3. The molecule has 0 saturated carbocycles. The van der Waals surface area contributed by atoms with E-state index >= 15 is 0 Å². The summed E-state index contributed by atoms with van der Waals surface area (Å²) >= 11 is 0. The molecule has 2 aliphatic heterocycles. The van der Waals surface area contributed by atoms with E-state index < -0.39 is 0 Å². The molecule has 0 aliphatic carbocycles. The minimum absolute atomic E-state index is 0.247. The smallest absolute Gasteiger partial charge is 0.115 e. The van der Waals surface area contributed by atoms with E-state index in [0.717, 1.165) is 51.8 Å². The first-order valence-corrected chi connectivity index (χ1v) is 5.98. The third-order valence-corrected chi connectivity index (χ3v) is 3.52. The van der Waals surface area contributed by atoms with E-state index in [2.05, 4.69) is 28.8 Å². The maximum absolute atomic E-state index is 8.30. The molecule has 2 aliphatic rings. The molecule has 2 heterocycles. The van der Waals surface area contributed by atoms with Crippen molar-refractivity contribution in [3.63, 3.8) is 0 Å². The second kappa shape index (κ2) is 5.12. The van der Waals surface area contributed by atoms with Crippen molar-refractivity contribution < 1.29 is 4.74 Å². The average Bonchev–Trinajstić information content (AvgIpc) is 2.32. The van der Waals surface area contributed by atoms with Gasteiger partial charge in [-0.2, -0.15) is 0 Å². The number of hydrogen-bond donors (Lipinski definition) is 1. The fourth-order valence-electron chi connectivity index (χ4n) is 2.32. The van der Waals surface area contributed by atoms with Crippen LogP contribution in [0.3, 0.4) is 0 Å². The van der Waals surface area contributed by atoms with E-state index in [1.165, 1.54) is 0 Å². The van der Waals surface area contributed by atoms with E-state index in [4.69, 9.17) is 10.1 Å². The number of nitrogens with one attached hydrogen (secondary N) is 1. The Kier molecular flexibility index (Phi) is 3.78. The van der Waals surface area contributed by atoms with Gasteiger partial charge < -0.3 is 14.5 Å². The molecule has 5 nitrogen and oxygen atoms in total. The van der Waals surface area contributed by atoms with Crippen molar-refractivity contribution in [3.05, 3.63) is 0 Å². The Labute approximate surface area is 97.5 Å². The largest absolute Gasteiger partial charge is 0.378 e. The molecule has 5 heteroatoms. The number of likely N-dealkylation sites (N-methyl/N-ethyl adjacent to an activating group) is 2. The third-order valence-electron chi connectivity index (χ3n) is 3.52. The SMILES string of the molecule is CN1CCN(C)C(C(=N)N2CCOCC2)C1. The Morgan fingerprint density at radius 3 is 2.50 bits per heavy atom. The van der Waals surface area contributed by atoms with Crippen LogP contribution in [0.5, 0.6) is 0 Å². The van der Waals surface area contributed by atoms with Gasteiger partial charge in [0.1, 0.15) is 5.84 Å². The first kappa shape index (κ1) is 11.8. The third kappa shape index (κ3) is 2.53. The summed E-state index contributed by atoms with van der Waals surface area (Å²) in [6.07, 6.45) is 0. The van der Waals surface area contributed by atoms with Crippen LogP contribution in [-0.2, 0) is 4.74 Å².